The minimum Gasteiger partial charge on any atom is -0.508 e. The predicted molar refractivity (Wildman–Crippen MR) is 82.5 cm³/mol. The molecular weight excluding hydrogens is 264 g/mol. The molecule has 1 atom stereocenters. The van der Waals surface area contributed by atoms with Crippen LogP contribution in [-0.4, -0.2) is 12.2 Å². The van der Waals surface area contributed by atoms with Gasteiger partial charge in [0.15, 0.2) is 0 Å². The number of hydrogen-bond donors (Lipinski definition) is 2. The van der Waals surface area contributed by atoms with Crippen LogP contribution < -0.4 is 10.1 Å². The van der Waals surface area contributed by atoms with Gasteiger partial charge in [-0.25, -0.2) is 0 Å². The molecule has 21 heavy (non-hydrogen) atoms. The van der Waals surface area contributed by atoms with E-state index in [0.29, 0.717) is 17.0 Å². The van der Waals surface area contributed by atoms with Gasteiger partial charge in [0.25, 0.3) is 0 Å². The standard InChI is InChI=1S/C17H18N2O2/c1-3-14(13-8-4-5-9-15(13)20)19-17-12(11-18)7-6-10-16(17)21-2/h4-10,14,19-20H,3H2,1-2H3. The van der Waals surface area contributed by atoms with Crippen molar-refractivity contribution < 1.29 is 9.84 Å². The fourth-order valence-corrected chi connectivity index (χ4v) is 2.30. The molecule has 0 radical (unpaired) electrons. The maximum Gasteiger partial charge on any atom is 0.143 e. The Kier molecular flexibility index (Phi) is 4.68. The minimum atomic E-state index is -0.102. The van der Waals surface area contributed by atoms with E-state index < -0.39 is 0 Å². The lowest BCUT2D eigenvalue weighted by atomic mass is 10.0. The van der Waals surface area contributed by atoms with Gasteiger partial charge in [0, 0.05) is 5.56 Å². The van der Waals surface area contributed by atoms with Crippen molar-refractivity contribution in [2.24, 2.45) is 0 Å². The molecule has 2 N–H and O–H groups in total. The van der Waals surface area contributed by atoms with Gasteiger partial charge in [-0.2, -0.15) is 5.26 Å². The number of rotatable bonds is 5. The fourth-order valence-electron chi connectivity index (χ4n) is 2.30. The highest BCUT2D eigenvalue weighted by Gasteiger charge is 2.17. The van der Waals surface area contributed by atoms with Gasteiger partial charge >= 0.3 is 0 Å². The minimum absolute atomic E-state index is 0.102. The second-order valence-corrected chi connectivity index (χ2v) is 4.66. The number of aromatic hydroxyl groups is 1. The largest absolute Gasteiger partial charge is 0.508 e. The lowest BCUT2D eigenvalue weighted by Gasteiger charge is -2.22. The van der Waals surface area contributed by atoms with Crippen molar-refractivity contribution in [2.45, 2.75) is 19.4 Å². The van der Waals surface area contributed by atoms with Gasteiger partial charge < -0.3 is 15.2 Å². The molecule has 0 saturated heterocycles. The van der Waals surface area contributed by atoms with Crippen LogP contribution in [0.15, 0.2) is 42.5 Å². The van der Waals surface area contributed by atoms with Gasteiger partial charge in [-0.1, -0.05) is 31.2 Å². The van der Waals surface area contributed by atoms with Crippen LogP contribution in [0.3, 0.4) is 0 Å². The number of benzene rings is 2. The lowest BCUT2D eigenvalue weighted by Crippen LogP contribution is -2.12. The third kappa shape index (κ3) is 3.09. The number of nitrogens with one attached hydrogen (secondary N) is 1. The molecule has 0 aromatic heterocycles. The van der Waals surface area contributed by atoms with Crippen LogP contribution in [0.25, 0.3) is 0 Å². The van der Waals surface area contributed by atoms with E-state index in [-0.39, 0.29) is 11.8 Å². The Bertz CT molecular complexity index is 662. The average Bonchev–Trinajstić information content (AvgIpc) is 2.53. The van der Waals surface area contributed by atoms with Crippen molar-refractivity contribution in [3.63, 3.8) is 0 Å². The molecule has 0 aliphatic heterocycles. The number of nitrogens with zero attached hydrogens (tertiary/aromatic N) is 1. The third-order valence-corrected chi connectivity index (χ3v) is 3.41. The van der Waals surface area contributed by atoms with Crippen molar-refractivity contribution in [3.05, 3.63) is 53.6 Å². The van der Waals surface area contributed by atoms with Crippen LogP contribution in [0.2, 0.25) is 0 Å². The SMILES string of the molecule is CCC(Nc1c(C#N)cccc1OC)c1ccccc1O. The van der Waals surface area contributed by atoms with Crippen LogP contribution in [-0.2, 0) is 0 Å². The highest BCUT2D eigenvalue weighted by molar-refractivity contribution is 5.67. The van der Waals surface area contributed by atoms with Crippen molar-refractivity contribution in [1.29, 1.82) is 5.26 Å². The number of nitriles is 1. The van der Waals surface area contributed by atoms with E-state index >= 15 is 0 Å². The lowest BCUT2D eigenvalue weighted by molar-refractivity contribution is 0.415. The van der Waals surface area contributed by atoms with E-state index in [0.717, 1.165) is 12.0 Å². The molecule has 0 saturated carbocycles. The van der Waals surface area contributed by atoms with E-state index in [4.69, 9.17) is 4.74 Å². The summed E-state index contributed by atoms with van der Waals surface area (Å²) in [6.45, 7) is 2.02. The molecule has 0 heterocycles. The molecule has 0 fully saturated rings. The zero-order valence-corrected chi connectivity index (χ0v) is 12.1. The summed E-state index contributed by atoms with van der Waals surface area (Å²) in [7, 11) is 1.57. The van der Waals surface area contributed by atoms with Crippen molar-refractivity contribution in [1.82, 2.24) is 0 Å². The number of para-hydroxylation sites is 2. The van der Waals surface area contributed by atoms with Crippen molar-refractivity contribution >= 4 is 5.69 Å². The molecule has 2 aromatic carbocycles. The maximum absolute atomic E-state index is 10.0. The Hall–Kier alpha value is -2.67. The second kappa shape index (κ2) is 6.67. The Morgan fingerprint density at radius 3 is 2.62 bits per heavy atom. The molecule has 2 rings (SSSR count). The zero-order valence-electron chi connectivity index (χ0n) is 12.1. The molecule has 0 spiro atoms. The molecule has 0 aliphatic carbocycles. The molecule has 2 aromatic rings. The summed E-state index contributed by atoms with van der Waals surface area (Å²) < 4.78 is 5.32. The molecule has 4 heteroatoms. The van der Waals surface area contributed by atoms with Gasteiger partial charge in [0.2, 0.25) is 0 Å². The smallest absolute Gasteiger partial charge is 0.143 e. The molecule has 0 amide bonds. The van der Waals surface area contributed by atoms with Crippen molar-refractivity contribution in [3.8, 4) is 17.6 Å². The van der Waals surface area contributed by atoms with Crippen LogP contribution in [0.1, 0.15) is 30.5 Å². The van der Waals surface area contributed by atoms with Gasteiger partial charge in [-0.3, -0.25) is 0 Å². The van der Waals surface area contributed by atoms with E-state index in [1.165, 1.54) is 0 Å². The van der Waals surface area contributed by atoms with Crippen LogP contribution in [0, 0.1) is 11.3 Å². The summed E-state index contributed by atoms with van der Waals surface area (Å²) in [5.74, 6) is 0.855. The summed E-state index contributed by atoms with van der Waals surface area (Å²) in [5, 5.41) is 22.6. The van der Waals surface area contributed by atoms with Gasteiger partial charge in [0.05, 0.1) is 24.4 Å². The number of methoxy groups -OCH3 is 1. The van der Waals surface area contributed by atoms with Crippen LogP contribution in [0.4, 0.5) is 5.69 Å². The zero-order chi connectivity index (χ0) is 15.2. The van der Waals surface area contributed by atoms with Crippen molar-refractivity contribution in [2.75, 3.05) is 12.4 Å². The maximum atomic E-state index is 10.0. The highest BCUT2D eigenvalue weighted by atomic mass is 16.5. The van der Waals surface area contributed by atoms with Crippen LogP contribution in [0.5, 0.6) is 11.5 Å². The molecule has 4 nitrogen and oxygen atoms in total. The molecule has 1 unspecified atom stereocenters. The normalized spacial score (nSPS) is 11.5. The highest BCUT2D eigenvalue weighted by Crippen LogP contribution is 2.34. The molecular formula is C17H18N2O2. The summed E-state index contributed by atoms with van der Waals surface area (Å²) >= 11 is 0. The predicted octanol–water partition coefficient (Wildman–Crippen LogP) is 3.84. The fraction of sp³-hybridized carbons (Fsp3) is 0.235. The average molecular weight is 282 g/mol. The first-order valence-electron chi connectivity index (χ1n) is 6.82. The Morgan fingerprint density at radius 1 is 1.24 bits per heavy atom. The van der Waals surface area contributed by atoms with Gasteiger partial charge in [-0.15, -0.1) is 0 Å². The number of phenols is 1. The van der Waals surface area contributed by atoms with E-state index in [2.05, 4.69) is 11.4 Å². The Morgan fingerprint density at radius 2 is 2.00 bits per heavy atom. The molecule has 0 aliphatic rings. The number of ether oxygens (including phenoxy) is 1. The Labute approximate surface area is 124 Å². The van der Waals surface area contributed by atoms with Gasteiger partial charge in [0.1, 0.15) is 17.6 Å². The summed E-state index contributed by atoms with van der Waals surface area (Å²) in [6, 6.07) is 14.6. The van der Waals surface area contributed by atoms with E-state index in [9.17, 15) is 10.4 Å². The summed E-state index contributed by atoms with van der Waals surface area (Å²) in [4.78, 5) is 0. The molecule has 108 valence electrons. The first-order valence-corrected chi connectivity index (χ1v) is 6.82. The summed E-state index contributed by atoms with van der Waals surface area (Å²) in [5.41, 5.74) is 1.97. The summed E-state index contributed by atoms with van der Waals surface area (Å²) in [6.07, 6.45) is 0.764. The first kappa shape index (κ1) is 14.7. The first-order chi connectivity index (χ1) is 10.2. The van der Waals surface area contributed by atoms with Gasteiger partial charge in [-0.05, 0) is 24.6 Å². The number of phenolic OH excluding ortho intramolecular Hbond substituents is 1. The monoisotopic (exact) mass is 282 g/mol. The second-order valence-electron chi connectivity index (χ2n) is 4.66. The van der Waals surface area contributed by atoms with E-state index in [1.807, 2.05) is 19.1 Å². The molecule has 0 bridgehead atoms. The number of anilines is 1. The van der Waals surface area contributed by atoms with E-state index in [1.54, 1.807) is 37.4 Å². The quantitative estimate of drug-likeness (QED) is 0.874. The third-order valence-electron chi connectivity index (χ3n) is 3.41. The number of hydrogen-bond acceptors (Lipinski definition) is 4. The topological polar surface area (TPSA) is 65.3 Å². The van der Waals surface area contributed by atoms with Crippen LogP contribution >= 0.6 is 0 Å². The Balaban J connectivity index is 2.40.